The van der Waals surface area contributed by atoms with Crippen LogP contribution in [-0.2, 0) is 10.0 Å². The Morgan fingerprint density at radius 1 is 1.22 bits per heavy atom. The fraction of sp³-hybridized carbons (Fsp3) is 0.450. The van der Waals surface area contributed by atoms with Crippen molar-refractivity contribution in [1.82, 2.24) is 29.8 Å². The van der Waals surface area contributed by atoms with Gasteiger partial charge in [0, 0.05) is 39.8 Å². The number of halogens is 1. The first kappa shape index (κ1) is 26.1. The van der Waals surface area contributed by atoms with Crippen molar-refractivity contribution in [1.29, 1.82) is 0 Å². The minimum Gasteiger partial charge on any atom is -0.448 e. The highest BCUT2D eigenvalue weighted by Crippen LogP contribution is 2.28. The molecule has 16 heteroatoms. The van der Waals surface area contributed by atoms with Crippen molar-refractivity contribution in [3.63, 3.8) is 0 Å². The van der Waals surface area contributed by atoms with E-state index in [0.717, 1.165) is 4.31 Å². The lowest BCUT2D eigenvalue weighted by Crippen LogP contribution is -2.53. The molecule has 0 bridgehead atoms. The second-order valence-corrected chi connectivity index (χ2v) is 11.9. The van der Waals surface area contributed by atoms with Gasteiger partial charge in [-0.3, -0.25) is 9.59 Å². The molecule has 36 heavy (non-hydrogen) atoms. The summed E-state index contributed by atoms with van der Waals surface area (Å²) in [5, 5.41) is 6.08. The van der Waals surface area contributed by atoms with Gasteiger partial charge in [0.25, 0.3) is 15.9 Å². The van der Waals surface area contributed by atoms with Crippen LogP contribution in [0.3, 0.4) is 0 Å². The van der Waals surface area contributed by atoms with Gasteiger partial charge in [0.1, 0.15) is 9.46 Å². The van der Waals surface area contributed by atoms with Gasteiger partial charge < -0.3 is 31.4 Å². The van der Waals surface area contributed by atoms with Crippen LogP contribution in [0.1, 0.15) is 39.4 Å². The number of aromatic nitrogens is 2. The number of nitrogens with one attached hydrogen (secondary N) is 2. The van der Waals surface area contributed by atoms with E-state index in [0.29, 0.717) is 36.2 Å². The zero-order valence-corrected chi connectivity index (χ0v) is 22.8. The van der Waals surface area contributed by atoms with Gasteiger partial charge in [-0.15, -0.1) is 0 Å². The summed E-state index contributed by atoms with van der Waals surface area (Å²) < 4.78 is 31.5. The van der Waals surface area contributed by atoms with Gasteiger partial charge >= 0.3 is 5.91 Å². The second-order valence-electron chi connectivity index (χ2n) is 8.77. The lowest BCUT2D eigenvalue weighted by Gasteiger charge is -2.38. The molecular formula is C20H26IN9O5S. The number of nitrogens with two attached hydrogens (primary N) is 2. The van der Waals surface area contributed by atoms with Gasteiger partial charge in [-0.1, -0.05) is 0 Å². The first-order valence-electron chi connectivity index (χ1n) is 10.9. The molecule has 4 rings (SSSR count). The number of likely N-dealkylation sites (tertiary alicyclic amines) is 1. The molecular weight excluding hydrogens is 605 g/mol. The maximum Gasteiger partial charge on any atom is 0.302 e. The quantitative estimate of drug-likeness (QED) is 0.325. The van der Waals surface area contributed by atoms with Gasteiger partial charge in [-0.2, -0.15) is 4.99 Å². The van der Waals surface area contributed by atoms with Crippen LogP contribution in [0.25, 0.3) is 0 Å². The minimum atomic E-state index is -3.79. The Labute approximate surface area is 221 Å². The normalized spacial score (nSPS) is 18.5. The van der Waals surface area contributed by atoms with Crippen LogP contribution in [0.4, 0.5) is 11.6 Å². The van der Waals surface area contributed by atoms with E-state index < -0.39 is 21.5 Å². The average Bonchev–Trinajstić information content (AvgIpc) is 3.40. The Morgan fingerprint density at radius 2 is 1.89 bits per heavy atom. The number of hydrogen-bond donors (Lipinski definition) is 4. The molecule has 2 aliphatic rings. The van der Waals surface area contributed by atoms with Crippen molar-refractivity contribution in [2.24, 2.45) is 4.99 Å². The Bertz CT molecular complexity index is 1360. The molecule has 2 aliphatic heterocycles. The lowest BCUT2D eigenvalue weighted by atomic mass is 9.88. The molecule has 14 nitrogen and oxygen atoms in total. The van der Waals surface area contributed by atoms with Crippen LogP contribution in [-0.4, -0.2) is 84.6 Å². The highest BCUT2D eigenvalue weighted by Gasteiger charge is 2.41. The van der Waals surface area contributed by atoms with Crippen molar-refractivity contribution in [2.75, 3.05) is 45.2 Å². The number of aliphatic imine (C=N–C) groups is 1. The van der Waals surface area contributed by atoms with Crippen molar-refractivity contribution in [3.8, 4) is 0 Å². The van der Waals surface area contributed by atoms with Crippen LogP contribution in [0.2, 0.25) is 0 Å². The number of guanidine groups is 1. The van der Waals surface area contributed by atoms with Crippen molar-refractivity contribution < 1.29 is 22.4 Å². The number of amides is 2. The molecule has 194 valence electrons. The van der Waals surface area contributed by atoms with E-state index in [1.165, 1.54) is 20.2 Å². The van der Waals surface area contributed by atoms with E-state index in [4.69, 9.17) is 15.9 Å². The third kappa shape index (κ3) is 4.83. The fourth-order valence-electron chi connectivity index (χ4n) is 4.00. The first-order chi connectivity index (χ1) is 16.8. The number of carbonyl (C=O) groups excluding carboxylic acids is 2. The maximum atomic E-state index is 13.1. The highest BCUT2D eigenvalue weighted by atomic mass is 127. The Morgan fingerprint density at radius 3 is 2.53 bits per heavy atom. The molecule has 2 fully saturated rings. The largest absolute Gasteiger partial charge is 0.448 e. The van der Waals surface area contributed by atoms with Gasteiger partial charge in [-0.05, 0) is 42.4 Å². The summed E-state index contributed by atoms with van der Waals surface area (Å²) in [4.78, 5) is 39.4. The molecule has 0 atom stereocenters. The standard InChI is InChI=1S/C20H26IN9O5S/c1-10-11(8-12(35-10)36(33,34)29(2)3)18(32)30-6-4-20(5-7-30)9-24-19(28-20)27-17(31)13-15(22)26-16(23)14(21)25-13/h8H,4-7,9H2,1-3H3,(H4,22,23,26)(H2,24,27,28,31). The molecule has 0 aliphatic carbocycles. The van der Waals surface area contributed by atoms with Gasteiger partial charge in [0.15, 0.2) is 23.3 Å². The molecule has 2 aromatic heterocycles. The molecule has 2 aromatic rings. The van der Waals surface area contributed by atoms with Crippen molar-refractivity contribution in [3.05, 3.63) is 26.8 Å². The molecule has 2 saturated heterocycles. The predicted molar refractivity (Wildman–Crippen MR) is 139 cm³/mol. The molecule has 6 N–H and O–H groups in total. The number of hydrogen-bond acceptors (Lipinski definition) is 9. The van der Waals surface area contributed by atoms with Crippen LogP contribution >= 0.6 is 22.6 Å². The van der Waals surface area contributed by atoms with Crippen molar-refractivity contribution >= 4 is 62.0 Å². The number of aryl methyl sites for hydroxylation is 1. The number of anilines is 2. The third-order valence-corrected chi connectivity index (χ3v) is 8.63. The molecule has 0 saturated carbocycles. The van der Waals surface area contributed by atoms with Crippen molar-refractivity contribution in [2.45, 2.75) is 30.4 Å². The van der Waals surface area contributed by atoms with Crippen LogP contribution in [0.15, 0.2) is 20.6 Å². The average molecular weight is 631 g/mol. The van der Waals surface area contributed by atoms with Gasteiger partial charge in [0.2, 0.25) is 5.09 Å². The van der Waals surface area contributed by atoms with Crippen LogP contribution in [0.5, 0.6) is 0 Å². The van der Waals surface area contributed by atoms with E-state index in [9.17, 15) is 18.0 Å². The van der Waals surface area contributed by atoms with Crippen LogP contribution < -0.4 is 22.1 Å². The molecule has 2 amide bonds. The fourth-order valence-corrected chi connectivity index (χ4v) is 5.22. The van der Waals surface area contributed by atoms with E-state index in [-0.39, 0.29) is 45.6 Å². The zero-order valence-electron chi connectivity index (χ0n) is 19.8. The van der Waals surface area contributed by atoms with E-state index >= 15 is 0 Å². The van der Waals surface area contributed by atoms with E-state index in [1.807, 2.05) is 22.6 Å². The van der Waals surface area contributed by atoms with Gasteiger partial charge in [0.05, 0.1) is 11.1 Å². The summed E-state index contributed by atoms with van der Waals surface area (Å²) in [6, 6.07) is 1.27. The maximum absolute atomic E-state index is 13.1. The van der Waals surface area contributed by atoms with Crippen LogP contribution in [0, 0.1) is 10.6 Å². The molecule has 0 aromatic carbocycles. The predicted octanol–water partition coefficient (Wildman–Crippen LogP) is -0.239. The summed E-state index contributed by atoms with van der Waals surface area (Å²) in [5.74, 6) is -0.385. The Balaban J connectivity index is 1.42. The third-order valence-electron chi connectivity index (χ3n) is 6.17. The monoisotopic (exact) mass is 631 g/mol. The number of sulfonamides is 1. The number of carbonyl (C=O) groups is 2. The summed E-state index contributed by atoms with van der Waals surface area (Å²) in [6.45, 7) is 2.92. The zero-order chi connectivity index (χ0) is 26.4. The second kappa shape index (κ2) is 9.47. The lowest BCUT2D eigenvalue weighted by molar-refractivity contribution is 0.0667. The smallest absolute Gasteiger partial charge is 0.302 e. The summed E-state index contributed by atoms with van der Waals surface area (Å²) in [6.07, 6.45) is 1.17. The summed E-state index contributed by atoms with van der Waals surface area (Å²) in [7, 11) is -1.00. The first-order valence-corrected chi connectivity index (χ1v) is 13.4. The number of rotatable bonds is 4. The highest BCUT2D eigenvalue weighted by molar-refractivity contribution is 14.1. The minimum absolute atomic E-state index is 0.0859. The van der Waals surface area contributed by atoms with E-state index in [1.54, 1.807) is 11.8 Å². The molecule has 0 radical (unpaired) electrons. The number of piperidine rings is 1. The number of furan rings is 1. The molecule has 0 unspecified atom stereocenters. The van der Waals surface area contributed by atoms with E-state index in [2.05, 4.69) is 25.6 Å². The topological polar surface area (TPSA) is 202 Å². The molecule has 1 spiro atoms. The SMILES string of the molecule is Cc1oc(S(=O)(=O)N(C)C)cc1C(=O)N1CCC2(CC1)CN/C(=N\C(=O)c1nc(I)c(N)nc1N)N2. The number of nitrogens with zero attached hydrogens (tertiary/aromatic N) is 5. The summed E-state index contributed by atoms with van der Waals surface area (Å²) >= 11 is 1.86. The Hall–Kier alpha value is -2.99. The van der Waals surface area contributed by atoms with Gasteiger partial charge in [-0.25, -0.2) is 22.7 Å². The number of nitrogen functional groups attached to an aromatic ring is 2. The molecule has 4 heterocycles. The Kier molecular flexibility index (Phi) is 6.86. The summed E-state index contributed by atoms with van der Waals surface area (Å²) in [5.41, 5.74) is 11.2.